The number of hydrogen-bond donors (Lipinski definition) is 1. The Morgan fingerprint density at radius 3 is 2.35 bits per heavy atom. The number of halogens is 3. The molecule has 1 atom stereocenters. The van der Waals surface area contributed by atoms with Crippen LogP contribution < -0.4 is 5.32 Å². The first kappa shape index (κ1) is 14.5. The van der Waals surface area contributed by atoms with E-state index in [9.17, 15) is 14.0 Å². The molecule has 0 aliphatic carbocycles. The SMILES string of the molecule is CC(C#N)(Nc1ccc(F)cc1)c1ccc(Br)cc1F. The van der Waals surface area contributed by atoms with Crippen LogP contribution in [-0.2, 0) is 5.54 Å². The van der Waals surface area contributed by atoms with Gasteiger partial charge in [0.1, 0.15) is 11.6 Å². The Morgan fingerprint density at radius 2 is 1.80 bits per heavy atom. The van der Waals surface area contributed by atoms with Crippen LogP contribution in [0.15, 0.2) is 46.9 Å². The summed E-state index contributed by atoms with van der Waals surface area (Å²) in [7, 11) is 0. The highest BCUT2D eigenvalue weighted by atomic mass is 79.9. The zero-order valence-corrected chi connectivity index (χ0v) is 12.2. The molecule has 2 aromatic carbocycles. The lowest BCUT2D eigenvalue weighted by Gasteiger charge is -2.25. The molecule has 0 saturated carbocycles. The van der Waals surface area contributed by atoms with E-state index in [2.05, 4.69) is 27.3 Å². The smallest absolute Gasteiger partial charge is 0.151 e. The van der Waals surface area contributed by atoms with E-state index in [-0.39, 0.29) is 11.4 Å². The first-order chi connectivity index (χ1) is 9.44. The molecule has 2 aromatic rings. The molecule has 0 fully saturated rings. The summed E-state index contributed by atoms with van der Waals surface area (Å²) < 4.78 is 27.5. The minimum absolute atomic E-state index is 0.229. The molecule has 20 heavy (non-hydrogen) atoms. The maximum atomic E-state index is 14.0. The Morgan fingerprint density at radius 1 is 1.15 bits per heavy atom. The van der Waals surface area contributed by atoms with Gasteiger partial charge in [-0.05, 0) is 43.3 Å². The first-order valence-electron chi connectivity index (χ1n) is 5.85. The summed E-state index contributed by atoms with van der Waals surface area (Å²) in [5.41, 5.74) is -0.479. The van der Waals surface area contributed by atoms with Crippen molar-refractivity contribution in [2.45, 2.75) is 12.5 Å². The molecule has 0 radical (unpaired) electrons. The number of nitrogens with one attached hydrogen (secondary N) is 1. The van der Waals surface area contributed by atoms with Gasteiger partial charge in [0, 0.05) is 15.7 Å². The normalized spacial score (nSPS) is 13.3. The summed E-state index contributed by atoms with van der Waals surface area (Å²) in [5.74, 6) is -0.859. The number of nitriles is 1. The summed E-state index contributed by atoms with van der Waals surface area (Å²) in [4.78, 5) is 0. The number of anilines is 1. The maximum absolute atomic E-state index is 14.0. The van der Waals surface area contributed by atoms with Crippen LogP contribution in [0.3, 0.4) is 0 Å². The van der Waals surface area contributed by atoms with Crippen LogP contribution in [0.2, 0.25) is 0 Å². The van der Waals surface area contributed by atoms with Crippen LogP contribution in [0.1, 0.15) is 12.5 Å². The highest BCUT2D eigenvalue weighted by molar-refractivity contribution is 9.10. The van der Waals surface area contributed by atoms with E-state index in [1.54, 1.807) is 19.1 Å². The molecule has 0 aromatic heterocycles. The van der Waals surface area contributed by atoms with Gasteiger partial charge in [-0.3, -0.25) is 0 Å². The van der Waals surface area contributed by atoms with Crippen LogP contribution in [0.4, 0.5) is 14.5 Å². The fourth-order valence-corrected chi connectivity index (χ4v) is 2.21. The molecule has 0 aliphatic rings. The van der Waals surface area contributed by atoms with Crippen molar-refractivity contribution in [2.24, 2.45) is 0 Å². The molecule has 0 spiro atoms. The second-order valence-corrected chi connectivity index (χ2v) is 5.41. The zero-order valence-electron chi connectivity index (χ0n) is 10.6. The second-order valence-electron chi connectivity index (χ2n) is 4.49. The molecular formula is C15H11BrF2N2. The van der Waals surface area contributed by atoms with Crippen molar-refractivity contribution in [3.05, 3.63) is 64.1 Å². The predicted molar refractivity (Wildman–Crippen MR) is 77.1 cm³/mol. The Labute approximate surface area is 124 Å². The molecule has 0 saturated heterocycles. The van der Waals surface area contributed by atoms with Gasteiger partial charge in [-0.15, -0.1) is 0 Å². The molecule has 5 heteroatoms. The van der Waals surface area contributed by atoms with Crippen molar-refractivity contribution in [2.75, 3.05) is 5.32 Å². The van der Waals surface area contributed by atoms with Gasteiger partial charge in [-0.2, -0.15) is 5.26 Å². The Hall–Kier alpha value is -1.93. The van der Waals surface area contributed by atoms with E-state index in [1.807, 2.05) is 0 Å². The van der Waals surface area contributed by atoms with E-state index in [0.717, 1.165) is 0 Å². The molecule has 0 heterocycles. The Kier molecular flexibility index (Phi) is 4.05. The summed E-state index contributed by atoms with van der Waals surface area (Å²) in [6, 6.07) is 12.1. The number of rotatable bonds is 3. The molecule has 2 nitrogen and oxygen atoms in total. The third-order valence-electron chi connectivity index (χ3n) is 2.93. The summed E-state index contributed by atoms with van der Waals surface area (Å²) >= 11 is 3.17. The second kappa shape index (κ2) is 5.59. The summed E-state index contributed by atoms with van der Waals surface area (Å²) in [5, 5.41) is 12.3. The maximum Gasteiger partial charge on any atom is 0.151 e. The van der Waals surface area contributed by atoms with Gasteiger partial charge in [0.2, 0.25) is 0 Å². The summed E-state index contributed by atoms with van der Waals surface area (Å²) in [6.07, 6.45) is 0. The van der Waals surface area contributed by atoms with Crippen LogP contribution in [-0.4, -0.2) is 0 Å². The highest BCUT2D eigenvalue weighted by Crippen LogP contribution is 2.29. The quantitative estimate of drug-likeness (QED) is 0.890. The minimum atomic E-state index is -1.25. The number of nitrogens with zero attached hydrogens (tertiary/aromatic N) is 1. The largest absolute Gasteiger partial charge is 0.364 e. The Bertz CT molecular complexity index is 665. The lowest BCUT2D eigenvalue weighted by molar-refractivity contribution is 0.570. The van der Waals surface area contributed by atoms with Gasteiger partial charge in [0.15, 0.2) is 5.54 Å². The minimum Gasteiger partial charge on any atom is -0.364 e. The first-order valence-corrected chi connectivity index (χ1v) is 6.64. The van der Waals surface area contributed by atoms with Crippen molar-refractivity contribution in [1.82, 2.24) is 0 Å². The lowest BCUT2D eigenvalue weighted by Crippen LogP contribution is -2.31. The Balaban J connectivity index is 2.38. The van der Waals surface area contributed by atoms with E-state index in [1.165, 1.54) is 30.3 Å². The highest BCUT2D eigenvalue weighted by Gasteiger charge is 2.29. The van der Waals surface area contributed by atoms with Crippen molar-refractivity contribution >= 4 is 21.6 Å². The molecule has 0 amide bonds. The van der Waals surface area contributed by atoms with Gasteiger partial charge in [0.05, 0.1) is 6.07 Å². The third-order valence-corrected chi connectivity index (χ3v) is 3.43. The van der Waals surface area contributed by atoms with E-state index < -0.39 is 11.4 Å². The lowest BCUT2D eigenvalue weighted by atomic mass is 9.92. The molecule has 0 aliphatic heterocycles. The zero-order chi connectivity index (χ0) is 14.8. The molecule has 102 valence electrons. The number of benzene rings is 2. The van der Waals surface area contributed by atoms with Crippen molar-refractivity contribution in [3.8, 4) is 6.07 Å². The van der Waals surface area contributed by atoms with E-state index in [0.29, 0.717) is 10.2 Å². The average molecular weight is 337 g/mol. The third kappa shape index (κ3) is 2.97. The average Bonchev–Trinajstić information content (AvgIpc) is 2.41. The fourth-order valence-electron chi connectivity index (χ4n) is 1.87. The van der Waals surface area contributed by atoms with Gasteiger partial charge in [-0.25, -0.2) is 8.78 Å². The monoisotopic (exact) mass is 336 g/mol. The number of hydrogen-bond acceptors (Lipinski definition) is 2. The van der Waals surface area contributed by atoms with Crippen LogP contribution in [0.5, 0.6) is 0 Å². The molecular weight excluding hydrogens is 326 g/mol. The molecule has 1 unspecified atom stereocenters. The van der Waals surface area contributed by atoms with Gasteiger partial charge >= 0.3 is 0 Å². The van der Waals surface area contributed by atoms with Gasteiger partial charge < -0.3 is 5.32 Å². The van der Waals surface area contributed by atoms with Gasteiger partial charge in [-0.1, -0.05) is 22.0 Å². The van der Waals surface area contributed by atoms with E-state index in [4.69, 9.17) is 0 Å². The van der Waals surface area contributed by atoms with Crippen molar-refractivity contribution < 1.29 is 8.78 Å². The molecule has 2 rings (SSSR count). The van der Waals surface area contributed by atoms with Crippen LogP contribution in [0.25, 0.3) is 0 Å². The van der Waals surface area contributed by atoms with Gasteiger partial charge in [0.25, 0.3) is 0 Å². The molecule has 0 bridgehead atoms. The summed E-state index contributed by atoms with van der Waals surface area (Å²) in [6.45, 7) is 1.57. The van der Waals surface area contributed by atoms with Crippen LogP contribution >= 0.6 is 15.9 Å². The van der Waals surface area contributed by atoms with E-state index >= 15 is 0 Å². The van der Waals surface area contributed by atoms with Crippen LogP contribution in [0, 0.1) is 23.0 Å². The van der Waals surface area contributed by atoms with Crippen molar-refractivity contribution in [1.29, 1.82) is 5.26 Å². The molecule has 1 N–H and O–H groups in total. The van der Waals surface area contributed by atoms with Crippen molar-refractivity contribution in [3.63, 3.8) is 0 Å². The topological polar surface area (TPSA) is 35.8 Å². The predicted octanol–water partition coefficient (Wildman–Crippen LogP) is 4.58. The standard InChI is InChI=1S/C15H11BrF2N2/c1-15(9-19,13-7-2-10(16)8-14(13)18)20-12-5-3-11(17)4-6-12/h2-8,20H,1H3. The fraction of sp³-hybridized carbons (Fsp3) is 0.133.